The number of fused-ring (bicyclic) bond motifs is 1. The Morgan fingerprint density at radius 2 is 2.15 bits per heavy atom. The Kier molecular flexibility index (Phi) is 2.68. The van der Waals surface area contributed by atoms with Gasteiger partial charge in [0.1, 0.15) is 17.2 Å². The highest BCUT2D eigenvalue weighted by molar-refractivity contribution is 6.02. The maximum Gasteiger partial charge on any atom is 0.326 e. The summed E-state index contributed by atoms with van der Waals surface area (Å²) in [7, 11) is 1.23. The van der Waals surface area contributed by atoms with Crippen LogP contribution in [0.2, 0.25) is 0 Å². The first-order chi connectivity index (χ1) is 9.49. The first kappa shape index (κ1) is 12.9. The van der Waals surface area contributed by atoms with E-state index in [0.717, 1.165) is 0 Å². The second-order valence-corrected chi connectivity index (χ2v) is 5.07. The Balaban J connectivity index is 2.07. The molecule has 2 saturated heterocycles. The molecule has 2 fully saturated rings. The summed E-state index contributed by atoms with van der Waals surface area (Å²) < 4.78 is 14.7. The van der Waals surface area contributed by atoms with Gasteiger partial charge in [0, 0.05) is 0 Å². The first-order valence-corrected chi connectivity index (χ1v) is 6.14. The fraction of sp³-hybridized carbons (Fsp3) is 0.462. The van der Waals surface area contributed by atoms with Gasteiger partial charge in [-0.15, -0.1) is 0 Å². The van der Waals surface area contributed by atoms with Crippen molar-refractivity contribution in [3.63, 3.8) is 0 Å². The van der Waals surface area contributed by atoms with E-state index >= 15 is 0 Å². The molecule has 4 atom stereocenters. The predicted molar refractivity (Wildman–Crippen MR) is 63.1 cm³/mol. The third-order valence-corrected chi connectivity index (χ3v) is 3.98. The second kappa shape index (κ2) is 4.17. The number of carbonyl (C=O) groups is 3. The number of ether oxygens (including phenoxy) is 2. The zero-order valence-electron chi connectivity index (χ0n) is 10.9. The predicted octanol–water partition coefficient (Wildman–Crippen LogP) is 0.171. The molecule has 3 heterocycles. The Morgan fingerprint density at radius 1 is 1.40 bits per heavy atom. The van der Waals surface area contributed by atoms with Gasteiger partial charge in [-0.05, 0) is 19.1 Å². The highest BCUT2D eigenvalue weighted by Gasteiger charge is 2.66. The molecular weight excluding hydrogens is 266 g/mol. The molecule has 7 heteroatoms. The Labute approximate surface area is 114 Å². The maximum atomic E-state index is 12.0. The summed E-state index contributed by atoms with van der Waals surface area (Å²) in [5, 5.41) is 2.99. The molecule has 20 heavy (non-hydrogen) atoms. The molecule has 0 aliphatic carbocycles. The number of methoxy groups -OCH3 is 1. The molecule has 106 valence electrons. The van der Waals surface area contributed by atoms with E-state index in [1.807, 2.05) is 0 Å². The van der Waals surface area contributed by atoms with Crippen LogP contribution in [0.25, 0.3) is 0 Å². The summed E-state index contributed by atoms with van der Waals surface area (Å²) in [4.78, 5) is 35.8. The van der Waals surface area contributed by atoms with Gasteiger partial charge in [-0.1, -0.05) is 0 Å². The number of hydrogen-bond acceptors (Lipinski definition) is 7. The van der Waals surface area contributed by atoms with Gasteiger partial charge >= 0.3 is 17.9 Å². The van der Waals surface area contributed by atoms with E-state index in [1.54, 1.807) is 12.1 Å². The van der Waals surface area contributed by atoms with Crippen molar-refractivity contribution in [2.24, 2.45) is 11.8 Å². The van der Waals surface area contributed by atoms with Crippen LogP contribution < -0.4 is 5.32 Å². The highest BCUT2D eigenvalue weighted by atomic mass is 16.6. The molecule has 0 amide bonds. The van der Waals surface area contributed by atoms with E-state index in [9.17, 15) is 14.4 Å². The Morgan fingerprint density at radius 3 is 2.75 bits per heavy atom. The zero-order chi connectivity index (χ0) is 14.5. The lowest BCUT2D eigenvalue weighted by Gasteiger charge is -2.25. The molecule has 1 N–H and O–H groups in total. The number of rotatable bonds is 2. The topological polar surface area (TPSA) is 94.8 Å². The molecule has 1 unspecified atom stereocenters. The van der Waals surface area contributed by atoms with Gasteiger partial charge in [-0.25, -0.2) is 0 Å². The SMILES string of the molecule is COC(=O)[C@]1(C)NC(c2ccco2)[C@@H]2C(=O)OC(=O)[C@@H]21. The third kappa shape index (κ3) is 1.53. The lowest BCUT2D eigenvalue weighted by molar-refractivity contribution is -0.159. The van der Waals surface area contributed by atoms with Gasteiger partial charge in [0.2, 0.25) is 0 Å². The smallest absolute Gasteiger partial charge is 0.326 e. The highest BCUT2D eigenvalue weighted by Crippen LogP contribution is 2.48. The van der Waals surface area contributed by atoms with Crippen molar-refractivity contribution in [3.05, 3.63) is 24.2 Å². The molecular formula is C13H13NO6. The number of nitrogens with one attached hydrogen (secondary N) is 1. The number of carbonyl (C=O) groups excluding carboxylic acids is 3. The summed E-state index contributed by atoms with van der Waals surface area (Å²) in [6.07, 6.45) is 1.46. The molecule has 7 nitrogen and oxygen atoms in total. The van der Waals surface area contributed by atoms with Crippen molar-refractivity contribution < 1.29 is 28.3 Å². The minimum Gasteiger partial charge on any atom is -0.468 e. The summed E-state index contributed by atoms with van der Waals surface area (Å²) >= 11 is 0. The molecule has 0 saturated carbocycles. The molecule has 2 aliphatic rings. The summed E-state index contributed by atoms with van der Waals surface area (Å²) in [6.45, 7) is 1.53. The van der Waals surface area contributed by atoms with Crippen LogP contribution in [0, 0.1) is 11.8 Å². The van der Waals surface area contributed by atoms with Crippen LogP contribution in [0.15, 0.2) is 22.8 Å². The largest absolute Gasteiger partial charge is 0.468 e. The number of furan rings is 1. The Bertz CT molecular complexity index is 580. The lowest BCUT2D eigenvalue weighted by Crippen LogP contribution is -2.52. The molecule has 0 spiro atoms. The van der Waals surface area contributed by atoms with E-state index in [1.165, 1.54) is 20.3 Å². The Hall–Kier alpha value is -2.15. The fourth-order valence-corrected chi connectivity index (χ4v) is 3.05. The van der Waals surface area contributed by atoms with Crippen LogP contribution in [0.5, 0.6) is 0 Å². The van der Waals surface area contributed by atoms with E-state index in [4.69, 9.17) is 9.15 Å². The average molecular weight is 279 g/mol. The minimum atomic E-state index is -1.32. The molecule has 0 radical (unpaired) electrons. The second-order valence-electron chi connectivity index (χ2n) is 5.07. The van der Waals surface area contributed by atoms with E-state index in [2.05, 4.69) is 10.1 Å². The summed E-state index contributed by atoms with van der Waals surface area (Å²) in [5.41, 5.74) is -1.32. The normalized spacial score (nSPS) is 35.8. The first-order valence-electron chi connectivity index (χ1n) is 6.14. The number of cyclic esters (lactones) is 2. The standard InChI is InChI=1S/C13H13NO6/c1-13(12(17)18-2)8-7(10(15)20-11(8)16)9(14-13)6-4-3-5-19-6/h3-5,7-9,14H,1-2H3/t7-,8-,9?,13-/m1/s1. The molecule has 0 aromatic carbocycles. The van der Waals surface area contributed by atoms with Crippen LogP contribution >= 0.6 is 0 Å². The average Bonchev–Trinajstić information content (AvgIpc) is 3.08. The van der Waals surface area contributed by atoms with E-state index in [-0.39, 0.29) is 0 Å². The maximum absolute atomic E-state index is 12.0. The minimum absolute atomic E-state index is 0.472. The van der Waals surface area contributed by atoms with E-state index in [0.29, 0.717) is 5.76 Å². The van der Waals surface area contributed by atoms with Crippen molar-refractivity contribution in [2.45, 2.75) is 18.5 Å². The molecule has 2 aliphatic heterocycles. The van der Waals surface area contributed by atoms with E-state index < -0.39 is 41.3 Å². The van der Waals surface area contributed by atoms with Gasteiger partial charge in [0.25, 0.3) is 0 Å². The molecule has 1 aromatic rings. The quantitative estimate of drug-likeness (QED) is 0.609. The van der Waals surface area contributed by atoms with Crippen LogP contribution in [0.3, 0.4) is 0 Å². The van der Waals surface area contributed by atoms with Crippen LogP contribution in [0.4, 0.5) is 0 Å². The number of esters is 3. The fourth-order valence-electron chi connectivity index (χ4n) is 3.05. The van der Waals surface area contributed by atoms with Crippen molar-refractivity contribution >= 4 is 17.9 Å². The van der Waals surface area contributed by atoms with Gasteiger partial charge in [0.15, 0.2) is 0 Å². The summed E-state index contributed by atoms with van der Waals surface area (Å²) in [5.74, 6) is -3.22. The van der Waals surface area contributed by atoms with Crippen LogP contribution in [0.1, 0.15) is 18.7 Å². The third-order valence-electron chi connectivity index (χ3n) is 3.98. The zero-order valence-corrected chi connectivity index (χ0v) is 10.9. The van der Waals surface area contributed by atoms with Gasteiger partial charge in [0.05, 0.1) is 25.3 Å². The summed E-state index contributed by atoms with van der Waals surface area (Å²) in [6, 6.07) is 2.74. The van der Waals surface area contributed by atoms with Gasteiger partial charge < -0.3 is 13.9 Å². The molecule has 1 aromatic heterocycles. The van der Waals surface area contributed by atoms with Crippen LogP contribution in [-0.4, -0.2) is 30.6 Å². The monoisotopic (exact) mass is 279 g/mol. The van der Waals surface area contributed by atoms with Crippen LogP contribution in [-0.2, 0) is 23.9 Å². The van der Waals surface area contributed by atoms with Gasteiger partial charge in [-0.3, -0.25) is 19.7 Å². The molecule has 3 rings (SSSR count). The van der Waals surface area contributed by atoms with Crippen molar-refractivity contribution in [1.29, 1.82) is 0 Å². The number of hydrogen-bond donors (Lipinski definition) is 1. The van der Waals surface area contributed by atoms with Crippen molar-refractivity contribution in [3.8, 4) is 0 Å². The molecule has 0 bridgehead atoms. The van der Waals surface area contributed by atoms with Gasteiger partial charge in [-0.2, -0.15) is 0 Å². The van der Waals surface area contributed by atoms with Crippen molar-refractivity contribution in [1.82, 2.24) is 5.32 Å². The van der Waals surface area contributed by atoms with Crippen molar-refractivity contribution in [2.75, 3.05) is 7.11 Å². The lowest BCUT2D eigenvalue weighted by atomic mass is 9.81.